The molecule has 1 saturated carbocycles. The Kier molecular flexibility index (Phi) is 5.43. The number of amides is 1. The normalized spacial score (nSPS) is 25.7. The Hall–Kier alpha value is -1.87. The first-order valence-electron chi connectivity index (χ1n) is 9.11. The Morgan fingerprint density at radius 3 is 2.64 bits per heavy atom. The van der Waals surface area contributed by atoms with Gasteiger partial charge in [0.15, 0.2) is 0 Å². The van der Waals surface area contributed by atoms with E-state index in [-0.39, 0.29) is 5.91 Å². The lowest BCUT2D eigenvalue weighted by Gasteiger charge is -2.31. The summed E-state index contributed by atoms with van der Waals surface area (Å²) >= 11 is 1.49. The molecule has 25 heavy (non-hydrogen) atoms. The molecule has 1 N–H and O–H groups in total. The molecule has 0 saturated heterocycles. The second-order valence-electron chi connectivity index (χ2n) is 7.14. The highest BCUT2D eigenvalue weighted by molar-refractivity contribution is 7.16. The van der Waals surface area contributed by atoms with Crippen molar-refractivity contribution in [3.8, 4) is 6.07 Å². The molecule has 1 fully saturated rings. The first-order chi connectivity index (χ1) is 12.0. The number of carboxylic acid groups (broad SMARTS) is 1. The van der Waals surface area contributed by atoms with Gasteiger partial charge in [-0.05, 0) is 43.6 Å². The minimum absolute atomic E-state index is 0.281. The Morgan fingerprint density at radius 1 is 1.28 bits per heavy atom. The Balaban J connectivity index is 1.81. The maximum absolute atomic E-state index is 12.7. The van der Waals surface area contributed by atoms with E-state index in [1.54, 1.807) is 0 Å². The lowest BCUT2D eigenvalue weighted by Crippen LogP contribution is -2.42. The summed E-state index contributed by atoms with van der Waals surface area (Å²) in [6, 6.07) is 2.25. The van der Waals surface area contributed by atoms with Crippen molar-refractivity contribution in [2.75, 3.05) is 5.32 Å². The van der Waals surface area contributed by atoms with Crippen molar-refractivity contribution in [3.05, 3.63) is 16.0 Å². The molecule has 5 nitrogen and oxygen atoms in total. The molecule has 2 aliphatic rings. The van der Waals surface area contributed by atoms with Crippen LogP contribution in [0.1, 0.15) is 61.5 Å². The van der Waals surface area contributed by atoms with Crippen LogP contribution in [0.2, 0.25) is 0 Å². The summed E-state index contributed by atoms with van der Waals surface area (Å²) in [5.41, 5.74) is 1.65. The third kappa shape index (κ3) is 3.57. The zero-order valence-electron chi connectivity index (χ0n) is 14.5. The number of fused-ring (bicyclic) bond motifs is 1. The monoisotopic (exact) mass is 359 g/mol. The lowest BCUT2D eigenvalue weighted by molar-refractivity contribution is -0.313. The van der Waals surface area contributed by atoms with Gasteiger partial charge in [-0.1, -0.05) is 26.2 Å². The highest BCUT2D eigenvalue weighted by Gasteiger charge is 2.33. The van der Waals surface area contributed by atoms with Crippen molar-refractivity contribution >= 4 is 28.2 Å². The molecule has 1 aromatic rings. The number of hydrogen-bond donors (Lipinski definition) is 1. The maximum Gasteiger partial charge on any atom is 0.228 e. The van der Waals surface area contributed by atoms with Gasteiger partial charge in [0.2, 0.25) is 5.91 Å². The molecule has 1 heterocycles. The van der Waals surface area contributed by atoms with Gasteiger partial charge in [-0.2, -0.15) is 5.26 Å². The quantitative estimate of drug-likeness (QED) is 0.894. The van der Waals surface area contributed by atoms with Crippen LogP contribution >= 0.6 is 11.3 Å². The number of nitriles is 1. The fraction of sp³-hybridized carbons (Fsp3) is 0.632. The van der Waals surface area contributed by atoms with E-state index in [1.165, 1.54) is 16.2 Å². The van der Waals surface area contributed by atoms with E-state index in [0.717, 1.165) is 44.1 Å². The van der Waals surface area contributed by atoms with E-state index < -0.39 is 17.8 Å². The molecule has 2 aliphatic carbocycles. The molecule has 6 heteroatoms. The summed E-state index contributed by atoms with van der Waals surface area (Å²) in [5.74, 6) is -2.07. The van der Waals surface area contributed by atoms with Gasteiger partial charge >= 0.3 is 0 Å². The summed E-state index contributed by atoms with van der Waals surface area (Å²) in [4.78, 5) is 25.2. The number of carbonyl (C=O) groups is 2. The van der Waals surface area contributed by atoms with Gasteiger partial charge in [0.25, 0.3) is 0 Å². The third-order valence-corrected chi connectivity index (χ3v) is 6.87. The smallest absolute Gasteiger partial charge is 0.228 e. The van der Waals surface area contributed by atoms with Gasteiger partial charge in [-0.3, -0.25) is 4.79 Å². The average Bonchev–Trinajstić information content (AvgIpc) is 2.97. The summed E-state index contributed by atoms with van der Waals surface area (Å²) in [5, 5.41) is 24.3. The van der Waals surface area contributed by atoms with Crippen LogP contribution in [0.25, 0.3) is 0 Å². The largest absolute Gasteiger partial charge is 0.550 e. The first-order valence-corrected chi connectivity index (χ1v) is 9.93. The van der Waals surface area contributed by atoms with E-state index in [4.69, 9.17) is 0 Å². The molecule has 0 aromatic carbocycles. The van der Waals surface area contributed by atoms with Crippen molar-refractivity contribution in [2.24, 2.45) is 17.8 Å². The van der Waals surface area contributed by atoms with Crippen molar-refractivity contribution in [1.29, 1.82) is 5.26 Å². The number of nitrogens with zero attached hydrogens (tertiary/aromatic N) is 1. The molecule has 1 aromatic heterocycles. The van der Waals surface area contributed by atoms with Gasteiger partial charge in [-0.25, -0.2) is 0 Å². The van der Waals surface area contributed by atoms with Crippen molar-refractivity contribution in [2.45, 2.75) is 58.3 Å². The zero-order valence-corrected chi connectivity index (χ0v) is 15.3. The van der Waals surface area contributed by atoms with Crippen LogP contribution in [-0.4, -0.2) is 11.9 Å². The van der Waals surface area contributed by atoms with Gasteiger partial charge in [0, 0.05) is 22.7 Å². The van der Waals surface area contributed by atoms with Crippen LogP contribution in [0.3, 0.4) is 0 Å². The fourth-order valence-corrected chi connectivity index (χ4v) is 5.46. The minimum Gasteiger partial charge on any atom is -0.550 e. The van der Waals surface area contributed by atoms with Crippen molar-refractivity contribution in [1.82, 2.24) is 0 Å². The van der Waals surface area contributed by atoms with Crippen LogP contribution in [0.15, 0.2) is 0 Å². The molecule has 0 unspecified atom stereocenters. The highest BCUT2D eigenvalue weighted by Crippen LogP contribution is 2.40. The van der Waals surface area contributed by atoms with Gasteiger partial charge in [0.1, 0.15) is 11.1 Å². The number of carbonyl (C=O) groups excluding carboxylic acids is 2. The second-order valence-corrected chi connectivity index (χ2v) is 8.25. The predicted octanol–water partition coefficient (Wildman–Crippen LogP) is 2.63. The van der Waals surface area contributed by atoms with Crippen LogP contribution in [0.4, 0.5) is 5.00 Å². The molecule has 3 rings (SSSR count). The highest BCUT2D eigenvalue weighted by atomic mass is 32.1. The molecule has 0 spiro atoms. The fourth-order valence-electron chi connectivity index (χ4n) is 4.14. The Labute approximate surface area is 152 Å². The van der Waals surface area contributed by atoms with E-state index in [9.17, 15) is 20.0 Å². The number of thiophene rings is 1. The molecule has 0 radical (unpaired) electrons. The van der Waals surface area contributed by atoms with E-state index in [0.29, 0.717) is 29.3 Å². The summed E-state index contributed by atoms with van der Waals surface area (Å²) in [6.45, 7) is 2.18. The van der Waals surface area contributed by atoms with E-state index in [1.807, 2.05) is 0 Å². The summed E-state index contributed by atoms with van der Waals surface area (Å²) in [7, 11) is 0. The predicted molar refractivity (Wildman–Crippen MR) is 93.9 cm³/mol. The zero-order chi connectivity index (χ0) is 18.0. The van der Waals surface area contributed by atoms with Gasteiger partial charge in [-0.15, -0.1) is 11.3 Å². The van der Waals surface area contributed by atoms with Crippen molar-refractivity contribution < 1.29 is 14.7 Å². The molecule has 3 atom stereocenters. The molecule has 0 aliphatic heterocycles. The van der Waals surface area contributed by atoms with Crippen LogP contribution in [0, 0.1) is 29.1 Å². The molecular weight excluding hydrogens is 336 g/mol. The Morgan fingerprint density at radius 2 is 2.00 bits per heavy atom. The number of aliphatic carboxylic acids is 1. The number of carboxylic acids is 1. The third-order valence-electron chi connectivity index (χ3n) is 5.70. The average molecular weight is 359 g/mol. The summed E-state index contributed by atoms with van der Waals surface area (Å²) in [6.07, 6.45) is 6.78. The maximum atomic E-state index is 12.7. The summed E-state index contributed by atoms with van der Waals surface area (Å²) < 4.78 is 0. The van der Waals surface area contributed by atoms with Crippen LogP contribution < -0.4 is 10.4 Å². The number of nitrogens with one attached hydrogen (secondary N) is 1. The molecule has 1 amide bonds. The van der Waals surface area contributed by atoms with E-state index in [2.05, 4.69) is 18.3 Å². The first kappa shape index (κ1) is 17.9. The number of hydrogen-bond acceptors (Lipinski definition) is 5. The van der Waals surface area contributed by atoms with Gasteiger partial charge < -0.3 is 15.2 Å². The van der Waals surface area contributed by atoms with Crippen LogP contribution in [0.5, 0.6) is 0 Å². The lowest BCUT2D eigenvalue weighted by atomic mass is 9.78. The molecule has 134 valence electrons. The van der Waals surface area contributed by atoms with Crippen molar-refractivity contribution in [3.63, 3.8) is 0 Å². The Bertz CT molecular complexity index is 719. The standard InChI is InChI=1S/C19H24N2O3S/c1-2-11-7-8-12-15(10-20)18(25-16(12)9-11)21-17(22)13-5-3-4-6-14(13)19(23)24/h11,13-14H,2-9H2,1H3,(H,21,22)(H,23,24)/p-1/t11-,13+,14-/m0/s1. The van der Waals surface area contributed by atoms with Gasteiger partial charge in [0.05, 0.1) is 5.56 Å². The second kappa shape index (κ2) is 7.57. The molecular formula is C19H23N2O3S-. The topological polar surface area (TPSA) is 93.0 Å². The minimum atomic E-state index is -1.14. The molecule has 0 bridgehead atoms. The number of anilines is 1. The van der Waals surface area contributed by atoms with E-state index >= 15 is 0 Å². The SMILES string of the molecule is CC[C@H]1CCc2c(sc(NC(=O)[C@@H]3CCCC[C@@H]3C(=O)[O-])c2C#N)C1. The number of rotatable bonds is 4. The van der Waals surface area contributed by atoms with Crippen LogP contribution in [-0.2, 0) is 22.4 Å².